The van der Waals surface area contributed by atoms with Crippen LogP contribution >= 0.6 is 0 Å². The van der Waals surface area contributed by atoms with E-state index < -0.39 is 0 Å². The molecule has 2 N–H and O–H groups in total. The molecular weight excluding hydrogens is 368 g/mol. The van der Waals surface area contributed by atoms with Crippen LogP contribution in [0.1, 0.15) is 37.5 Å². The highest BCUT2D eigenvalue weighted by Crippen LogP contribution is 2.34. The van der Waals surface area contributed by atoms with E-state index in [1.165, 1.54) is 0 Å². The first-order chi connectivity index (χ1) is 14.3. The Kier molecular flexibility index (Phi) is 4.71. The molecule has 150 valence electrons. The number of aromatic amines is 1. The zero-order valence-electron chi connectivity index (χ0n) is 16.2. The largest absolute Gasteiger partial charge is 0.490 e. The number of nitrogens with one attached hydrogen (secondary N) is 2. The van der Waals surface area contributed by atoms with Gasteiger partial charge in [-0.25, -0.2) is 9.78 Å². The highest BCUT2D eigenvalue weighted by molar-refractivity contribution is 5.90. The minimum atomic E-state index is -0.121. The number of H-pyrrole nitrogens is 1. The number of imidazole rings is 1. The molecule has 3 aromatic rings. The fourth-order valence-corrected chi connectivity index (χ4v) is 4.03. The molecule has 0 bridgehead atoms. The Morgan fingerprint density at radius 1 is 1.07 bits per heavy atom. The van der Waals surface area contributed by atoms with Gasteiger partial charge in [-0.2, -0.15) is 0 Å². The molecule has 1 atom stereocenters. The highest BCUT2D eigenvalue weighted by atomic mass is 16.5. The van der Waals surface area contributed by atoms with Crippen molar-refractivity contribution in [3.8, 4) is 11.5 Å². The van der Waals surface area contributed by atoms with E-state index in [1.807, 2.05) is 47.4 Å². The average Bonchev–Trinajstić information content (AvgIpc) is 3.05. The van der Waals surface area contributed by atoms with E-state index >= 15 is 0 Å². The standard InChI is InChI=1S/C22H24N4O3/c27-22(23-15-9-10-19-20(14-15)29-13-5-12-28-19)26-11-4-3-8-18(26)21-24-16-6-1-2-7-17(16)25-21/h1-2,6-7,9-10,14,18H,3-5,8,11-13H2,(H,23,27)(H,24,25)/t18-/m1/s1. The number of likely N-dealkylation sites (tertiary alicyclic amines) is 1. The van der Waals surface area contributed by atoms with Crippen molar-refractivity contribution in [1.29, 1.82) is 0 Å². The molecule has 1 saturated heterocycles. The summed E-state index contributed by atoms with van der Waals surface area (Å²) in [6.07, 6.45) is 3.82. The Morgan fingerprint density at radius 2 is 1.93 bits per heavy atom. The molecule has 0 spiro atoms. The van der Waals surface area contributed by atoms with E-state index in [1.54, 1.807) is 0 Å². The van der Waals surface area contributed by atoms with Crippen LogP contribution in [0.4, 0.5) is 10.5 Å². The Bertz CT molecular complexity index is 999. The number of fused-ring (bicyclic) bond motifs is 2. The normalized spacial score (nSPS) is 19.0. The second-order valence-electron chi connectivity index (χ2n) is 7.49. The van der Waals surface area contributed by atoms with Crippen LogP contribution in [0.25, 0.3) is 11.0 Å². The molecule has 0 unspecified atom stereocenters. The number of benzene rings is 2. The van der Waals surface area contributed by atoms with Crippen LogP contribution in [0.2, 0.25) is 0 Å². The summed E-state index contributed by atoms with van der Waals surface area (Å²) in [5.41, 5.74) is 2.63. The highest BCUT2D eigenvalue weighted by Gasteiger charge is 2.30. The number of nitrogens with zero attached hydrogens (tertiary/aromatic N) is 2. The van der Waals surface area contributed by atoms with Gasteiger partial charge in [0.2, 0.25) is 0 Å². The van der Waals surface area contributed by atoms with Gasteiger partial charge in [0.1, 0.15) is 5.82 Å². The van der Waals surface area contributed by atoms with Crippen molar-refractivity contribution >= 4 is 22.8 Å². The third kappa shape index (κ3) is 3.60. The van der Waals surface area contributed by atoms with Crippen molar-refractivity contribution in [3.63, 3.8) is 0 Å². The van der Waals surface area contributed by atoms with Gasteiger partial charge in [-0.1, -0.05) is 12.1 Å². The maximum Gasteiger partial charge on any atom is 0.322 e. The van der Waals surface area contributed by atoms with E-state index in [4.69, 9.17) is 14.5 Å². The van der Waals surface area contributed by atoms with Crippen molar-refractivity contribution in [1.82, 2.24) is 14.9 Å². The molecule has 0 aliphatic carbocycles. The van der Waals surface area contributed by atoms with Crippen molar-refractivity contribution in [3.05, 3.63) is 48.3 Å². The van der Waals surface area contributed by atoms with Gasteiger partial charge in [0.25, 0.3) is 0 Å². The number of hydrogen-bond acceptors (Lipinski definition) is 4. The third-order valence-corrected chi connectivity index (χ3v) is 5.49. The summed E-state index contributed by atoms with van der Waals surface area (Å²) in [6, 6.07) is 13.3. The van der Waals surface area contributed by atoms with E-state index in [0.29, 0.717) is 31.2 Å². The molecule has 3 heterocycles. The SMILES string of the molecule is O=C(Nc1ccc2c(c1)OCCCO2)N1CCCC[C@@H]1c1nc2ccccc2[nH]1. The Morgan fingerprint density at radius 3 is 2.83 bits per heavy atom. The number of amides is 2. The van der Waals surface area contributed by atoms with Crippen molar-refractivity contribution in [2.45, 2.75) is 31.7 Å². The number of para-hydroxylation sites is 2. The molecule has 0 radical (unpaired) electrons. The minimum Gasteiger partial charge on any atom is -0.490 e. The maximum atomic E-state index is 13.1. The van der Waals surface area contributed by atoms with Gasteiger partial charge < -0.3 is 24.7 Å². The zero-order chi connectivity index (χ0) is 19.6. The number of anilines is 1. The summed E-state index contributed by atoms with van der Waals surface area (Å²) in [7, 11) is 0. The molecular formula is C22H24N4O3. The number of urea groups is 1. The fourth-order valence-electron chi connectivity index (χ4n) is 4.03. The van der Waals surface area contributed by atoms with Gasteiger partial charge in [-0.15, -0.1) is 0 Å². The average molecular weight is 392 g/mol. The van der Waals surface area contributed by atoms with Gasteiger partial charge >= 0.3 is 6.03 Å². The monoisotopic (exact) mass is 392 g/mol. The van der Waals surface area contributed by atoms with Crippen LogP contribution in [-0.2, 0) is 0 Å². The lowest BCUT2D eigenvalue weighted by Gasteiger charge is -2.34. The van der Waals surface area contributed by atoms with Crippen molar-refractivity contribution in [2.75, 3.05) is 25.1 Å². The lowest BCUT2D eigenvalue weighted by Crippen LogP contribution is -2.41. The Hall–Kier alpha value is -3.22. The number of aromatic nitrogens is 2. The Balaban J connectivity index is 1.36. The molecule has 0 saturated carbocycles. The van der Waals surface area contributed by atoms with Crippen LogP contribution in [0.3, 0.4) is 0 Å². The number of carbonyl (C=O) groups is 1. The van der Waals surface area contributed by atoms with Crippen molar-refractivity contribution < 1.29 is 14.3 Å². The van der Waals surface area contributed by atoms with Gasteiger partial charge in [-0.05, 0) is 43.5 Å². The molecule has 29 heavy (non-hydrogen) atoms. The number of rotatable bonds is 2. The summed E-state index contributed by atoms with van der Waals surface area (Å²) < 4.78 is 11.4. The Labute approximate surface area is 169 Å². The molecule has 2 amide bonds. The number of hydrogen-bond donors (Lipinski definition) is 2. The van der Waals surface area contributed by atoms with Gasteiger partial charge in [-0.3, -0.25) is 0 Å². The summed E-state index contributed by atoms with van der Waals surface area (Å²) in [4.78, 5) is 23.1. The maximum absolute atomic E-state index is 13.1. The van der Waals surface area contributed by atoms with Gasteiger partial charge in [0.15, 0.2) is 11.5 Å². The second-order valence-corrected chi connectivity index (χ2v) is 7.49. The van der Waals surface area contributed by atoms with Crippen LogP contribution < -0.4 is 14.8 Å². The molecule has 2 aromatic carbocycles. The van der Waals surface area contributed by atoms with E-state index in [2.05, 4.69) is 10.3 Å². The predicted octanol–water partition coefficient (Wildman–Crippen LogP) is 4.48. The molecule has 5 rings (SSSR count). The van der Waals surface area contributed by atoms with Crippen LogP contribution in [0.5, 0.6) is 11.5 Å². The first-order valence-electron chi connectivity index (χ1n) is 10.2. The first kappa shape index (κ1) is 17.8. The quantitative estimate of drug-likeness (QED) is 0.674. The van der Waals surface area contributed by atoms with Crippen LogP contribution in [0, 0.1) is 0 Å². The number of piperidine rings is 1. The smallest absolute Gasteiger partial charge is 0.322 e. The zero-order valence-corrected chi connectivity index (χ0v) is 16.2. The summed E-state index contributed by atoms with van der Waals surface area (Å²) in [5, 5.41) is 3.03. The number of carbonyl (C=O) groups excluding carboxylic acids is 1. The summed E-state index contributed by atoms with van der Waals surface area (Å²) >= 11 is 0. The molecule has 1 fully saturated rings. The third-order valence-electron chi connectivity index (χ3n) is 5.49. The molecule has 7 nitrogen and oxygen atoms in total. The topological polar surface area (TPSA) is 79.5 Å². The molecule has 2 aliphatic rings. The van der Waals surface area contributed by atoms with Crippen LogP contribution in [-0.4, -0.2) is 40.7 Å². The predicted molar refractivity (Wildman–Crippen MR) is 110 cm³/mol. The minimum absolute atomic E-state index is 0.0587. The van der Waals surface area contributed by atoms with E-state index in [0.717, 1.165) is 48.3 Å². The molecule has 1 aromatic heterocycles. The lowest BCUT2D eigenvalue weighted by molar-refractivity contribution is 0.160. The van der Waals surface area contributed by atoms with Gasteiger partial charge in [0, 0.05) is 24.7 Å². The molecule has 2 aliphatic heterocycles. The van der Waals surface area contributed by atoms with E-state index in [9.17, 15) is 4.79 Å². The lowest BCUT2D eigenvalue weighted by atomic mass is 10.0. The van der Waals surface area contributed by atoms with Crippen molar-refractivity contribution in [2.24, 2.45) is 0 Å². The molecule has 7 heteroatoms. The van der Waals surface area contributed by atoms with E-state index in [-0.39, 0.29) is 12.1 Å². The van der Waals surface area contributed by atoms with Crippen LogP contribution in [0.15, 0.2) is 42.5 Å². The summed E-state index contributed by atoms with van der Waals surface area (Å²) in [5.74, 6) is 2.24. The second kappa shape index (κ2) is 7.66. The summed E-state index contributed by atoms with van der Waals surface area (Å²) in [6.45, 7) is 1.97. The number of ether oxygens (including phenoxy) is 2. The fraction of sp³-hybridized carbons (Fsp3) is 0.364. The van der Waals surface area contributed by atoms with Gasteiger partial charge in [0.05, 0.1) is 30.3 Å². The first-order valence-corrected chi connectivity index (χ1v) is 10.2.